The van der Waals surface area contributed by atoms with Crippen molar-refractivity contribution >= 4 is 6.29 Å². The van der Waals surface area contributed by atoms with Crippen LogP contribution in [0.1, 0.15) is 48.2 Å². The van der Waals surface area contributed by atoms with Crippen LogP contribution in [0.4, 0.5) is 0 Å². The highest BCUT2D eigenvalue weighted by molar-refractivity contribution is 5.70. The maximum atomic E-state index is 10.5. The molecule has 0 unspecified atom stereocenters. The van der Waals surface area contributed by atoms with Gasteiger partial charge in [0.15, 0.2) is 12.0 Å². The van der Waals surface area contributed by atoms with Gasteiger partial charge in [0.1, 0.15) is 12.3 Å². The normalized spacial score (nSPS) is 10.7. The molecule has 0 saturated carbocycles. The van der Waals surface area contributed by atoms with E-state index in [0.29, 0.717) is 24.4 Å². The molecule has 0 aliphatic carbocycles. The summed E-state index contributed by atoms with van der Waals surface area (Å²) in [6.07, 6.45) is 7.15. The maximum absolute atomic E-state index is 10.5. The van der Waals surface area contributed by atoms with Gasteiger partial charge in [0.25, 0.3) is 0 Å². The first-order chi connectivity index (χ1) is 8.81. The molecule has 0 fully saturated rings. The zero-order valence-corrected chi connectivity index (χ0v) is 10.5. The Balaban J connectivity index is 1.91. The second-order valence-electron chi connectivity index (χ2n) is 4.29. The molecule has 0 spiro atoms. The molecule has 0 aliphatic heterocycles. The molecule has 0 bridgehead atoms. The molecule has 0 aliphatic rings. The number of carbonyl (C=O) groups excluding carboxylic acids is 1. The largest absolute Gasteiger partial charge is 0.456 e. The highest BCUT2D eigenvalue weighted by Gasteiger charge is 2.05. The van der Waals surface area contributed by atoms with Crippen LogP contribution in [-0.2, 0) is 13.0 Å². The molecule has 5 nitrogen and oxygen atoms in total. The summed E-state index contributed by atoms with van der Waals surface area (Å²) in [6, 6.07) is 3.43. The van der Waals surface area contributed by atoms with Crippen molar-refractivity contribution in [3.63, 3.8) is 0 Å². The Kier molecular flexibility index (Phi) is 4.28. The number of unbranched alkanes of at least 4 members (excludes halogenated alkanes) is 2. The van der Waals surface area contributed by atoms with Crippen LogP contribution in [0.15, 0.2) is 22.7 Å². The van der Waals surface area contributed by atoms with Crippen LogP contribution in [0.25, 0.3) is 0 Å². The fourth-order valence-electron chi connectivity index (χ4n) is 1.79. The molecule has 0 radical (unpaired) electrons. The number of rotatable bonds is 7. The summed E-state index contributed by atoms with van der Waals surface area (Å²) >= 11 is 0. The standard InChI is InChI=1S/C13H17N3O2/c1-2-3-4-5-11-8-16(15-14-11)9-12-6-7-13(10-17)18-12/h6-8,10H,2-5,9H2,1H3. The lowest BCUT2D eigenvalue weighted by Crippen LogP contribution is -1.98. The van der Waals surface area contributed by atoms with Crippen molar-refractivity contribution in [1.82, 2.24) is 15.0 Å². The fraction of sp³-hybridized carbons (Fsp3) is 0.462. The van der Waals surface area contributed by atoms with Crippen molar-refractivity contribution in [2.24, 2.45) is 0 Å². The zero-order chi connectivity index (χ0) is 12.8. The quantitative estimate of drug-likeness (QED) is 0.557. The van der Waals surface area contributed by atoms with Crippen LogP contribution in [-0.4, -0.2) is 21.3 Å². The molecule has 0 N–H and O–H groups in total. The number of hydrogen-bond acceptors (Lipinski definition) is 4. The molecule has 2 heterocycles. The van der Waals surface area contributed by atoms with E-state index in [4.69, 9.17) is 4.42 Å². The first-order valence-corrected chi connectivity index (χ1v) is 6.24. The summed E-state index contributed by atoms with van der Waals surface area (Å²) < 4.78 is 7.02. The molecule has 0 aromatic carbocycles. The second kappa shape index (κ2) is 6.14. The first-order valence-electron chi connectivity index (χ1n) is 6.24. The summed E-state index contributed by atoms with van der Waals surface area (Å²) in [7, 11) is 0. The zero-order valence-electron chi connectivity index (χ0n) is 10.5. The lowest BCUT2D eigenvalue weighted by atomic mass is 10.2. The minimum atomic E-state index is 0.341. The highest BCUT2D eigenvalue weighted by atomic mass is 16.3. The summed E-state index contributed by atoms with van der Waals surface area (Å²) in [5.41, 5.74) is 1.01. The van der Waals surface area contributed by atoms with Crippen molar-refractivity contribution < 1.29 is 9.21 Å². The molecule has 18 heavy (non-hydrogen) atoms. The predicted octanol–water partition coefficient (Wildman–Crippen LogP) is 2.46. The van der Waals surface area contributed by atoms with Crippen molar-refractivity contribution in [2.45, 2.75) is 39.2 Å². The Hall–Kier alpha value is -1.91. The number of carbonyl (C=O) groups is 1. The van der Waals surface area contributed by atoms with E-state index >= 15 is 0 Å². The lowest BCUT2D eigenvalue weighted by molar-refractivity contribution is 0.109. The predicted molar refractivity (Wildman–Crippen MR) is 66.4 cm³/mol. The van der Waals surface area contributed by atoms with Gasteiger partial charge in [0.2, 0.25) is 0 Å². The maximum Gasteiger partial charge on any atom is 0.185 e. The average Bonchev–Trinajstić information content (AvgIpc) is 3.00. The smallest absolute Gasteiger partial charge is 0.185 e. The van der Waals surface area contributed by atoms with E-state index in [9.17, 15) is 4.79 Å². The summed E-state index contributed by atoms with van der Waals surface area (Å²) in [6.45, 7) is 2.69. The van der Waals surface area contributed by atoms with Gasteiger partial charge in [0.05, 0.1) is 5.69 Å². The number of furan rings is 1. The van der Waals surface area contributed by atoms with Gasteiger partial charge in [-0.1, -0.05) is 25.0 Å². The molecule has 0 amide bonds. The minimum absolute atomic E-state index is 0.341. The number of hydrogen-bond donors (Lipinski definition) is 0. The van der Waals surface area contributed by atoms with Gasteiger partial charge in [-0.2, -0.15) is 0 Å². The third kappa shape index (κ3) is 3.29. The molecule has 2 rings (SSSR count). The van der Waals surface area contributed by atoms with Crippen LogP contribution in [0.2, 0.25) is 0 Å². The van der Waals surface area contributed by atoms with Crippen LogP contribution in [0.3, 0.4) is 0 Å². The topological polar surface area (TPSA) is 60.9 Å². The Morgan fingerprint density at radius 3 is 3.00 bits per heavy atom. The molecule has 96 valence electrons. The third-order valence-electron chi connectivity index (χ3n) is 2.74. The van der Waals surface area contributed by atoms with Crippen LogP contribution in [0, 0.1) is 0 Å². The molecular formula is C13H17N3O2. The number of aldehydes is 1. The van der Waals surface area contributed by atoms with E-state index in [2.05, 4.69) is 17.2 Å². The van der Waals surface area contributed by atoms with E-state index in [1.165, 1.54) is 12.8 Å². The Morgan fingerprint density at radius 1 is 1.39 bits per heavy atom. The molecule has 2 aromatic rings. The van der Waals surface area contributed by atoms with Gasteiger partial charge in [0, 0.05) is 6.20 Å². The van der Waals surface area contributed by atoms with Gasteiger partial charge in [-0.3, -0.25) is 4.79 Å². The van der Waals surface area contributed by atoms with Gasteiger partial charge < -0.3 is 4.42 Å². The molecule has 2 aromatic heterocycles. The van der Waals surface area contributed by atoms with Crippen molar-refractivity contribution in [3.05, 3.63) is 35.5 Å². The van der Waals surface area contributed by atoms with E-state index in [1.54, 1.807) is 16.8 Å². The summed E-state index contributed by atoms with van der Waals surface area (Å²) in [5, 5.41) is 8.16. The van der Waals surface area contributed by atoms with Gasteiger partial charge >= 0.3 is 0 Å². The third-order valence-corrected chi connectivity index (χ3v) is 2.74. The van der Waals surface area contributed by atoms with Crippen molar-refractivity contribution in [2.75, 3.05) is 0 Å². The van der Waals surface area contributed by atoms with Crippen LogP contribution in [0.5, 0.6) is 0 Å². The van der Waals surface area contributed by atoms with E-state index in [-0.39, 0.29) is 0 Å². The second-order valence-corrected chi connectivity index (χ2v) is 4.29. The van der Waals surface area contributed by atoms with Crippen molar-refractivity contribution in [3.8, 4) is 0 Å². The Bertz CT molecular complexity index is 502. The van der Waals surface area contributed by atoms with Gasteiger partial charge in [-0.05, 0) is 25.0 Å². The molecule has 0 saturated heterocycles. The molecule has 5 heteroatoms. The highest BCUT2D eigenvalue weighted by Crippen LogP contribution is 2.08. The fourth-order valence-corrected chi connectivity index (χ4v) is 1.79. The molecule has 0 atom stereocenters. The monoisotopic (exact) mass is 247 g/mol. The average molecular weight is 247 g/mol. The van der Waals surface area contributed by atoms with Gasteiger partial charge in [-0.25, -0.2) is 4.68 Å². The number of aromatic nitrogens is 3. The van der Waals surface area contributed by atoms with Crippen LogP contribution >= 0.6 is 0 Å². The minimum Gasteiger partial charge on any atom is -0.456 e. The number of aryl methyl sites for hydroxylation is 1. The SMILES string of the molecule is CCCCCc1cn(Cc2ccc(C=O)o2)nn1. The lowest BCUT2D eigenvalue weighted by Gasteiger charge is -1.95. The van der Waals surface area contributed by atoms with E-state index < -0.39 is 0 Å². The summed E-state index contributed by atoms with van der Waals surface area (Å²) in [4.78, 5) is 10.5. The first kappa shape index (κ1) is 12.5. The van der Waals surface area contributed by atoms with Crippen LogP contribution < -0.4 is 0 Å². The Morgan fingerprint density at radius 2 is 2.28 bits per heavy atom. The summed E-state index contributed by atoms with van der Waals surface area (Å²) in [5.74, 6) is 1.05. The van der Waals surface area contributed by atoms with E-state index in [1.807, 2.05) is 6.20 Å². The Labute approximate surface area is 106 Å². The number of nitrogens with zero attached hydrogens (tertiary/aromatic N) is 3. The van der Waals surface area contributed by atoms with E-state index in [0.717, 1.165) is 18.5 Å². The van der Waals surface area contributed by atoms with Crippen molar-refractivity contribution in [1.29, 1.82) is 0 Å². The molecular weight excluding hydrogens is 230 g/mol. The van der Waals surface area contributed by atoms with Gasteiger partial charge in [-0.15, -0.1) is 5.10 Å².